The molecule has 5 nitrogen and oxygen atoms in total. The third-order valence-corrected chi connectivity index (χ3v) is 4.34. The smallest absolute Gasteiger partial charge is 0.255 e. The summed E-state index contributed by atoms with van der Waals surface area (Å²) in [6, 6.07) is 3.70. The summed E-state index contributed by atoms with van der Waals surface area (Å²) in [7, 11) is 0. The van der Waals surface area contributed by atoms with Crippen LogP contribution in [0.3, 0.4) is 0 Å². The first kappa shape index (κ1) is 15.7. The highest BCUT2D eigenvalue weighted by molar-refractivity contribution is 5.99. The van der Waals surface area contributed by atoms with Crippen molar-refractivity contribution in [1.82, 2.24) is 19.9 Å². The number of carbonyl (C=O) groups excluding carboxylic acids is 1. The van der Waals surface area contributed by atoms with Gasteiger partial charge in [0.05, 0.1) is 5.56 Å². The van der Waals surface area contributed by atoms with Crippen LogP contribution in [0.1, 0.15) is 61.6 Å². The fourth-order valence-corrected chi connectivity index (χ4v) is 3.10. The number of nitrogens with zero attached hydrogens (tertiary/aromatic N) is 3. The van der Waals surface area contributed by atoms with E-state index in [1.54, 1.807) is 0 Å². The summed E-state index contributed by atoms with van der Waals surface area (Å²) in [5, 5.41) is 11.4. The molecule has 3 rings (SSSR count). The van der Waals surface area contributed by atoms with Gasteiger partial charge >= 0.3 is 0 Å². The van der Waals surface area contributed by atoms with E-state index in [9.17, 15) is 4.79 Å². The van der Waals surface area contributed by atoms with Gasteiger partial charge in [0.2, 0.25) is 0 Å². The van der Waals surface area contributed by atoms with Crippen LogP contribution >= 0.6 is 0 Å². The van der Waals surface area contributed by atoms with Crippen LogP contribution in [0.4, 0.5) is 0 Å². The summed E-state index contributed by atoms with van der Waals surface area (Å²) in [6.45, 7) is 2.79. The topological polar surface area (TPSA) is 59.3 Å². The highest BCUT2D eigenvalue weighted by Crippen LogP contribution is 2.19. The predicted molar refractivity (Wildman–Crippen MR) is 90.5 cm³/mol. The number of aromatic nitrogens is 3. The molecule has 0 aliphatic heterocycles. The zero-order chi connectivity index (χ0) is 16.1. The third kappa shape index (κ3) is 3.60. The molecule has 0 saturated carbocycles. The molecule has 1 N–H and O–H groups in total. The van der Waals surface area contributed by atoms with E-state index in [0.29, 0.717) is 17.8 Å². The Bertz CT molecular complexity index is 717. The van der Waals surface area contributed by atoms with E-state index < -0.39 is 0 Å². The molecule has 2 aromatic heterocycles. The Hall–Kier alpha value is -2.17. The average Bonchev–Trinajstić information content (AvgIpc) is 2.99. The standard InChI is InChI=1S/C18H24N4O/c1-2-7-16-20-21-17-15(10-6-13-22(16)17)18(23)19-12-11-14-8-4-3-5-9-14/h6,8,10,13H,2-5,7,9,11-12H2,1H3,(H,19,23). The van der Waals surface area contributed by atoms with Crippen molar-refractivity contribution in [3.63, 3.8) is 0 Å². The van der Waals surface area contributed by atoms with Crippen molar-refractivity contribution in [3.05, 3.63) is 41.4 Å². The number of amides is 1. The highest BCUT2D eigenvalue weighted by atomic mass is 16.1. The van der Waals surface area contributed by atoms with Crippen molar-refractivity contribution >= 4 is 11.6 Å². The maximum absolute atomic E-state index is 12.5. The van der Waals surface area contributed by atoms with Gasteiger partial charge in [0.15, 0.2) is 5.65 Å². The van der Waals surface area contributed by atoms with Gasteiger partial charge in [0, 0.05) is 19.2 Å². The third-order valence-electron chi connectivity index (χ3n) is 4.34. The number of fused-ring (bicyclic) bond motifs is 1. The van der Waals surface area contributed by atoms with E-state index in [0.717, 1.165) is 25.1 Å². The fourth-order valence-electron chi connectivity index (χ4n) is 3.10. The lowest BCUT2D eigenvalue weighted by atomic mass is 9.97. The summed E-state index contributed by atoms with van der Waals surface area (Å²) in [4.78, 5) is 12.5. The number of rotatable bonds is 6. The number of allylic oxidation sites excluding steroid dienone is 1. The van der Waals surface area contributed by atoms with Crippen molar-refractivity contribution in [1.29, 1.82) is 0 Å². The summed E-state index contributed by atoms with van der Waals surface area (Å²) < 4.78 is 1.92. The molecule has 0 atom stereocenters. The SMILES string of the molecule is CCCc1nnc2c(C(=O)NCCC3=CCCCC3)cccn12. The van der Waals surface area contributed by atoms with E-state index in [4.69, 9.17) is 0 Å². The zero-order valence-corrected chi connectivity index (χ0v) is 13.7. The number of hydrogen-bond donors (Lipinski definition) is 1. The Balaban J connectivity index is 1.67. The monoisotopic (exact) mass is 312 g/mol. The van der Waals surface area contributed by atoms with Gasteiger partial charge in [0.1, 0.15) is 5.82 Å². The van der Waals surface area contributed by atoms with Crippen LogP contribution in [0.5, 0.6) is 0 Å². The van der Waals surface area contributed by atoms with Crippen molar-refractivity contribution in [3.8, 4) is 0 Å². The van der Waals surface area contributed by atoms with Gasteiger partial charge in [0.25, 0.3) is 5.91 Å². The maximum atomic E-state index is 12.5. The average molecular weight is 312 g/mol. The van der Waals surface area contributed by atoms with E-state index in [1.807, 2.05) is 22.7 Å². The second kappa shape index (κ2) is 7.40. The molecule has 5 heteroatoms. The second-order valence-corrected chi connectivity index (χ2v) is 6.10. The molecule has 0 spiro atoms. The van der Waals surface area contributed by atoms with Gasteiger partial charge in [-0.15, -0.1) is 10.2 Å². The van der Waals surface area contributed by atoms with Crippen LogP contribution in [-0.4, -0.2) is 27.0 Å². The molecule has 23 heavy (non-hydrogen) atoms. The number of pyridine rings is 1. The zero-order valence-electron chi connectivity index (χ0n) is 13.7. The molecule has 0 saturated heterocycles. The van der Waals surface area contributed by atoms with Gasteiger partial charge in [-0.1, -0.05) is 18.6 Å². The van der Waals surface area contributed by atoms with Crippen LogP contribution in [0.2, 0.25) is 0 Å². The summed E-state index contributed by atoms with van der Waals surface area (Å²) in [6.07, 6.45) is 12.0. The van der Waals surface area contributed by atoms with Crippen LogP contribution in [-0.2, 0) is 6.42 Å². The minimum atomic E-state index is -0.0672. The Morgan fingerprint density at radius 3 is 3.00 bits per heavy atom. The molecule has 0 fully saturated rings. The lowest BCUT2D eigenvalue weighted by Crippen LogP contribution is -2.25. The minimum Gasteiger partial charge on any atom is -0.352 e. The lowest BCUT2D eigenvalue weighted by molar-refractivity contribution is 0.0955. The van der Waals surface area contributed by atoms with Crippen molar-refractivity contribution in [2.24, 2.45) is 0 Å². The van der Waals surface area contributed by atoms with E-state index in [1.165, 1.54) is 31.3 Å². The van der Waals surface area contributed by atoms with Crippen molar-refractivity contribution < 1.29 is 4.79 Å². The lowest BCUT2D eigenvalue weighted by Gasteiger charge is -2.13. The van der Waals surface area contributed by atoms with E-state index in [-0.39, 0.29) is 5.91 Å². The van der Waals surface area contributed by atoms with Gasteiger partial charge in [-0.3, -0.25) is 9.20 Å². The van der Waals surface area contributed by atoms with Crippen molar-refractivity contribution in [2.45, 2.75) is 51.9 Å². The van der Waals surface area contributed by atoms with Gasteiger partial charge in [-0.2, -0.15) is 0 Å². The summed E-state index contributed by atoms with van der Waals surface area (Å²) in [5.41, 5.74) is 2.72. The molecule has 0 bridgehead atoms. The molecule has 1 amide bonds. The molecule has 2 heterocycles. The van der Waals surface area contributed by atoms with Crippen LogP contribution < -0.4 is 5.32 Å². The molecule has 122 valence electrons. The quantitative estimate of drug-likeness (QED) is 0.833. The second-order valence-electron chi connectivity index (χ2n) is 6.10. The Labute approximate surface area is 136 Å². The van der Waals surface area contributed by atoms with Crippen LogP contribution in [0, 0.1) is 0 Å². The van der Waals surface area contributed by atoms with Gasteiger partial charge in [-0.05, 0) is 50.7 Å². The highest BCUT2D eigenvalue weighted by Gasteiger charge is 2.14. The van der Waals surface area contributed by atoms with E-state index in [2.05, 4.69) is 28.5 Å². The first-order valence-electron chi connectivity index (χ1n) is 8.58. The predicted octanol–water partition coefficient (Wildman–Crippen LogP) is 3.30. The number of nitrogens with one attached hydrogen (secondary N) is 1. The number of aryl methyl sites for hydroxylation is 1. The Kier molecular flexibility index (Phi) is 5.05. The summed E-state index contributed by atoms with van der Waals surface area (Å²) in [5.74, 6) is 0.840. The molecular formula is C18H24N4O. The Morgan fingerprint density at radius 1 is 1.30 bits per heavy atom. The molecule has 2 aromatic rings. The minimum absolute atomic E-state index is 0.0672. The largest absolute Gasteiger partial charge is 0.352 e. The normalized spacial score (nSPS) is 14.7. The van der Waals surface area contributed by atoms with Crippen LogP contribution in [0.25, 0.3) is 5.65 Å². The number of carbonyl (C=O) groups is 1. The summed E-state index contributed by atoms with van der Waals surface area (Å²) >= 11 is 0. The molecule has 1 aliphatic rings. The van der Waals surface area contributed by atoms with Gasteiger partial charge in [-0.25, -0.2) is 0 Å². The first-order chi connectivity index (χ1) is 11.3. The molecule has 0 radical (unpaired) electrons. The van der Waals surface area contributed by atoms with E-state index >= 15 is 0 Å². The first-order valence-corrected chi connectivity index (χ1v) is 8.58. The Morgan fingerprint density at radius 2 is 2.22 bits per heavy atom. The molecule has 1 aliphatic carbocycles. The maximum Gasteiger partial charge on any atom is 0.255 e. The fraction of sp³-hybridized carbons (Fsp3) is 0.500. The molecular weight excluding hydrogens is 288 g/mol. The number of hydrogen-bond acceptors (Lipinski definition) is 3. The van der Waals surface area contributed by atoms with Crippen LogP contribution in [0.15, 0.2) is 30.0 Å². The van der Waals surface area contributed by atoms with Crippen molar-refractivity contribution in [2.75, 3.05) is 6.54 Å². The molecule has 0 aromatic carbocycles. The van der Waals surface area contributed by atoms with Gasteiger partial charge < -0.3 is 5.32 Å². The molecule has 0 unspecified atom stereocenters.